The van der Waals surface area contributed by atoms with Crippen molar-refractivity contribution in [2.24, 2.45) is 5.84 Å². The summed E-state index contributed by atoms with van der Waals surface area (Å²) in [6.45, 7) is 0.663. The summed E-state index contributed by atoms with van der Waals surface area (Å²) in [4.78, 5) is 11.4. The maximum Gasteiger partial charge on any atom is 0.281 e. The van der Waals surface area contributed by atoms with Crippen LogP contribution in [0, 0.1) is 0 Å². The summed E-state index contributed by atoms with van der Waals surface area (Å²) in [7, 11) is 0. The van der Waals surface area contributed by atoms with Gasteiger partial charge in [-0.3, -0.25) is 10.2 Å². The van der Waals surface area contributed by atoms with Gasteiger partial charge in [0.25, 0.3) is 5.91 Å². The molecule has 1 amide bonds. The molecule has 0 spiro atoms. The number of hydrogen-bond donors (Lipinski definition) is 2. The second-order valence-electron chi connectivity index (χ2n) is 3.48. The Morgan fingerprint density at radius 3 is 2.62 bits per heavy atom. The minimum absolute atomic E-state index is 0.277. The Balaban J connectivity index is 2.22. The summed E-state index contributed by atoms with van der Waals surface area (Å²) in [6, 6.07) is 13.5. The number of benzene rings is 1. The highest BCUT2D eigenvalue weighted by Gasteiger charge is 2.08. The number of rotatable bonds is 3. The lowest BCUT2D eigenvalue weighted by molar-refractivity contribution is 0.0945. The minimum atomic E-state index is -0.277. The molecule has 3 N–H and O–H groups in total. The van der Waals surface area contributed by atoms with Crippen LogP contribution in [0.3, 0.4) is 0 Å². The predicted octanol–water partition coefficient (Wildman–Crippen LogP) is 1.14. The van der Waals surface area contributed by atoms with Crippen LogP contribution in [0.25, 0.3) is 0 Å². The van der Waals surface area contributed by atoms with Crippen LogP contribution in [0.5, 0.6) is 0 Å². The van der Waals surface area contributed by atoms with Crippen LogP contribution >= 0.6 is 0 Å². The highest BCUT2D eigenvalue weighted by atomic mass is 16.2. The Kier molecular flexibility index (Phi) is 3.03. The standard InChI is InChI=1S/C12H13N3O/c13-14-12(16)11-7-4-8-15(11)9-10-5-2-1-3-6-10/h1-8H,9,13H2,(H,14,16). The largest absolute Gasteiger partial charge is 0.339 e. The molecule has 0 fully saturated rings. The molecule has 0 aliphatic rings. The average Bonchev–Trinajstić information content (AvgIpc) is 2.77. The SMILES string of the molecule is NNC(=O)c1cccn1Cc1ccccc1. The zero-order valence-corrected chi connectivity index (χ0v) is 8.76. The zero-order valence-electron chi connectivity index (χ0n) is 8.76. The lowest BCUT2D eigenvalue weighted by Crippen LogP contribution is -2.31. The molecule has 4 nitrogen and oxygen atoms in total. The number of nitrogens with zero attached hydrogens (tertiary/aromatic N) is 1. The first-order valence-corrected chi connectivity index (χ1v) is 5.01. The summed E-state index contributed by atoms with van der Waals surface area (Å²) in [5, 5.41) is 0. The molecule has 0 radical (unpaired) electrons. The molecular formula is C12H13N3O. The number of nitrogens with two attached hydrogens (primary N) is 1. The van der Waals surface area contributed by atoms with E-state index in [4.69, 9.17) is 5.84 Å². The van der Waals surface area contributed by atoms with Crippen molar-refractivity contribution in [3.8, 4) is 0 Å². The highest BCUT2D eigenvalue weighted by molar-refractivity contribution is 5.92. The second kappa shape index (κ2) is 4.63. The monoisotopic (exact) mass is 215 g/mol. The number of aromatic nitrogens is 1. The average molecular weight is 215 g/mol. The third-order valence-electron chi connectivity index (χ3n) is 2.39. The molecule has 16 heavy (non-hydrogen) atoms. The Labute approximate surface area is 93.7 Å². The number of amides is 1. The van der Waals surface area contributed by atoms with Crippen molar-refractivity contribution in [1.82, 2.24) is 9.99 Å². The van der Waals surface area contributed by atoms with Gasteiger partial charge in [-0.1, -0.05) is 30.3 Å². The van der Waals surface area contributed by atoms with Gasteiger partial charge in [0.1, 0.15) is 5.69 Å². The van der Waals surface area contributed by atoms with E-state index in [0.29, 0.717) is 12.2 Å². The minimum Gasteiger partial charge on any atom is -0.339 e. The van der Waals surface area contributed by atoms with E-state index in [1.54, 1.807) is 6.07 Å². The van der Waals surface area contributed by atoms with E-state index < -0.39 is 0 Å². The summed E-state index contributed by atoms with van der Waals surface area (Å²) in [5.74, 6) is 4.84. The lowest BCUT2D eigenvalue weighted by atomic mass is 10.2. The Morgan fingerprint density at radius 1 is 1.19 bits per heavy atom. The van der Waals surface area contributed by atoms with E-state index in [2.05, 4.69) is 5.43 Å². The molecule has 2 rings (SSSR count). The van der Waals surface area contributed by atoms with Gasteiger partial charge in [0, 0.05) is 12.7 Å². The van der Waals surface area contributed by atoms with Crippen LogP contribution in [0.4, 0.5) is 0 Å². The molecule has 0 atom stereocenters. The van der Waals surface area contributed by atoms with Crippen LogP contribution in [-0.4, -0.2) is 10.5 Å². The summed E-state index contributed by atoms with van der Waals surface area (Å²) < 4.78 is 1.86. The van der Waals surface area contributed by atoms with Crippen molar-refractivity contribution in [3.05, 3.63) is 59.9 Å². The third-order valence-corrected chi connectivity index (χ3v) is 2.39. The molecule has 4 heteroatoms. The van der Waals surface area contributed by atoms with Crippen LogP contribution < -0.4 is 11.3 Å². The molecule has 1 aromatic carbocycles. The molecule has 0 saturated heterocycles. The van der Waals surface area contributed by atoms with Gasteiger partial charge in [-0.05, 0) is 17.7 Å². The van der Waals surface area contributed by atoms with Gasteiger partial charge in [0.05, 0.1) is 0 Å². The molecule has 0 bridgehead atoms. The van der Waals surface area contributed by atoms with Crippen molar-refractivity contribution < 1.29 is 4.79 Å². The van der Waals surface area contributed by atoms with Gasteiger partial charge in [0.2, 0.25) is 0 Å². The van der Waals surface area contributed by atoms with Gasteiger partial charge in [-0.15, -0.1) is 0 Å². The summed E-state index contributed by atoms with van der Waals surface area (Å²) in [5.41, 5.74) is 3.84. The van der Waals surface area contributed by atoms with Gasteiger partial charge in [-0.25, -0.2) is 5.84 Å². The second-order valence-corrected chi connectivity index (χ2v) is 3.48. The van der Waals surface area contributed by atoms with Crippen LogP contribution in [0.15, 0.2) is 48.7 Å². The zero-order chi connectivity index (χ0) is 11.4. The van der Waals surface area contributed by atoms with E-state index in [0.717, 1.165) is 5.56 Å². The quantitative estimate of drug-likeness (QED) is 0.458. The van der Waals surface area contributed by atoms with Crippen LogP contribution in [0.1, 0.15) is 16.1 Å². The first-order chi connectivity index (χ1) is 7.81. The maximum atomic E-state index is 11.4. The van der Waals surface area contributed by atoms with Crippen molar-refractivity contribution in [3.63, 3.8) is 0 Å². The topological polar surface area (TPSA) is 60.0 Å². The van der Waals surface area contributed by atoms with Gasteiger partial charge < -0.3 is 4.57 Å². The van der Waals surface area contributed by atoms with Gasteiger partial charge in [0.15, 0.2) is 0 Å². The maximum absolute atomic E-state index is 11.4. The van der Waals surface area contributed by atoms with E-state index in [9.17, 15) is 4.79 Å². The fourth-order valence-electron chi connectivity index (χ4n) is 1.61. The van der Waals surface area contributed by atoms with Crippen LogP contribution in [0.2, 0.25) is 0 Å². The summed E-state index contributed by atoms with van der Waals surface area (Å²) in [6.07, 6.45) is 1.86. The number of hydrazine groups is 1. The molecule has 2 aromatic rings. The number of nitrogens with one attached hydrogen (secondary N) is 1. The van der Waals surface area contributed by atoms with Crippen molar-refractivity contribution in [2.45, 2.75) is 6.54 Å². The number of carbonyl (C=O) groups excluding carboxylic acids is 1. The van der Waals surface area contributed by atoms with Crippen molar-refractivity contribution in [1.29, 1.82) is 0 Å². The molecule has 0 aliphatic heterocycles. The molecule has 0 unspecified atom stereocenters. The van der Waals surface area contributed by atoms with E-state index in [-0.39, 0.29) is 5.91 Å². The fourth-order valence-corrected chi connectivity index (χ4v) is 1.61. The number of hydrogen-bond acceptors (Lipinski definition) is 2. The fraction of sp³-hybridized carbons (Fsp3) is 0.0833. The number of carbonyl (C=O) groups is 1. The third kappa shape index (κ3) is 2.12. The lowest BCUT2D eigenvalue weighted by Gasteiger charge is -2.07. The van der Waals surface area contributed by atoms with Gasteiger partial charge in [-0.2, -0.15) is 0 Å². The summed E-state index contributed by atoms with van der Waals surface area (Å²) >= 11 is 0. The Morgan fingerprint density at radius 2 is 1.94 bits per heavy atom. The molecule has 82 valence electrons. The number of nitrogen functional groups attached to an aromatic ring is 1. The van der Waals surface area contributed by atoms with Crippen LogP contribution in [-0.2, 0) is 6.54 Å². The highest BCUT2D eigenvalue weighted by Crippen LogP contribution is 2.07. The first kappa shape index (κ1) is 10.4. The Bertz CT molecular complexity index is 476. The van der Waals surface area contributed by atoms with Gasteiger partial charge >= 0.3 is 0 Å². The molecule has 0 aliphatic carbocycles. The predicted molar refractivity (Wildman–Crippen MR) is 61.6 cm³/mol. The smallest absolute Gasteiger partial charge is 0.281 e. The van der Waals surface area contributed by atoms with E-state index >= 15 is 0 Å². The van der Waals surface area contributed by atoms with E-state index in [1.165, 1.54) is 0 Å². The normalized spacial score (nSPS) is 10.1. The van der Waals surface area contributed by atoms with Crippen molar-refractivity contribution >= 4 is 5.91 Å². The van der Waals surface area contributed by atoms with Crippen molar-refractivity contribution in [2.75, 3.05) is 0 Å². The molecule has 1 heterocycles. The Hall–Kier alpha value is -2.07. The van der Waals surface area contributed by atoms with E-state index in [1.807, 2.05) is 47.2 Å². The molecular weight excluding hydrogens is 202 g/mol. The molecule has 0 saturated carbocycles. The molecule has 1 aromatic heterocycles. The first-order valence-electron chi connectivity index (χ1n) is 5.01.